The second-order valence-corrected chi connectivity index (χ2v) is 3.35. The van der Waals surface area contributed by atoms with Gasteiger partial charge >= 0.3 is 12.9 Å². The van der Waals surface area contributed by atoms with Crippen LogP contribution >= 0.6 is 0 Å². The normalized spacial score (nSPS) is 9.89. The Morgan fingerprint density at radius 2 is 1.72 bits per heavy atom. The van der Waals surface area contributed by atoms with Crippen LogP contribution in [0.3, 0.4) is 0 Å². The maximum absolute atomic E-state index is 9.75. The lowest BCUT2D eigenvalue weighted by molar-refractivity contribution is 0.368. The van der Waals surface area contributed by atoms with Crippen molar-refractivity contribution in [3.8, 4) is 5.75 Å². The van der Waals surface area contributed by atoms with Gasteiger partial charge in [0.05, 0.1) is 18.9 Å². The lowest BCUT2D eigenvalue weighted by atomic mass is 10.2. The summed E-state index contributed by atoms with van der Waals surface area (Å²) in [5.41, 5.74) is 1.44. The Balaban J connectivity index is 0.000000494. The Kier molecular flexibility index (Phi) is 5.95. The SMILES string of the molecule is COc1cc([N+]#N)ccc1N(C)C.F[B-](F)(F)F. The molecule has 0 aliphatic carbocycles. The largest absolute Gasteiger partial charge is 0.673 e. The standard InChI is InChI=1S/C9H12N3O.BF4/c1-12(2)8-5-4-7(11-10)6-9(8)13-3;2-1(3,4)5/h4-6H,1-3H3;/q+1;-1. The Hall–Kier alpha value is -1.98. The van der Waals surface area contributed by atoms with Gasteiger partial charge in [-0.3, -0.25) is 0 Å². The van der Waals surface area contributed by atoms with Gasteiger partial charge in [0.15, 0.2) is 4.98 Å². The van der Waals surface area contributed by atoms with Crippen LogP contribution in [0.25, 0.3) is 4.98 Å². The molecular weight excluding hydrogens is 253 g/mol. The highest BCUT2D eigenvalue weighted by Crippen LogP contribution is 2.30. The third-order valence-corrected chi connectivity index (χ3v) is 1.76. The van der Waals surface area contributed by atoms with E-state index >= 15 is 0 Å². The highest BCUT2D eigenvalue weighted by molar-refractivity contribution is 6.50. The number of nitrogens with zero attached hydrogens (tertiary/aromatic N) is 3. The monoisotopic (exact) mass is 265 g/mol. The minimum atomic E-state index is -6.00. The van der Waals surface area contributed by atoms with Crippen molar-refractivity contribution in [2.75, 3.05) is 26.1 Å². The van der Waals surface area contributed by atoms with E-state index in [1.54, 1.807) is 19.2 Å². The van der Waals surface area contributed by atoms with Gasteiger partial charge in [-0.15, -0.1) is 0 Å². The summed E-state index contributed by atoms with van der Waals surface area (Å²) in [6, 6.07) is 5.24. The van der Waals surface area contributed by atoms with Crippen molar-refractivity contribution < 1.29 is 22.0 Å². The van der Waals surface area contributed by atoms with Gasteiger partial charge in [0.25, 0.3) is 0 Å². The molecule has 0 N–H and O–H groups in total. The smallest absolute Gasteiger partial charge is 0.494 e. The van der Waals surface area contributed by atoms with Gasteiger partial charge in [0.1, 0.15) is 5.75 Å². The van der Waals surface area contributed by atoms with Crippen LogP contribution in [0.15, 0.2) is 18.2 Å². The van der Waals surface area contributed by atoms with Crippen LogP contribution in [0, 0.1) is 5.39 Å². The fraction of sp³-hybridized carbons (Fsp3) is 0.333. The van der Waals surface area contributed by atoms with E-state index in [0.717, 1.165) is 5.69 Å². The molecule has 18 heavy (non-hydrogen) atoms. The number of ether oxygens (including phenoxy) is 1. The average Bonchev–Trinajstić information content (AvgIpc) is 2.25. The molecule has 0 saturated carbocycles. The van der Waals surface area contributed by atoms with Crippen LogP contribution in [0.4, 0.5) is 28.6 Å². The predicted molar refractivity (Wildman–Crippen MR) is 62.3 cm³/mol. The molecule has 0 radical (unpaired) electrons. The van der Waals surface area contributed by atoms with E-state index in [-0.39, 0.29) is 0 Å². The Morgan fingerprint density at radius 1 is 1.22 bits per heavy atom. The van der Waals surface area contributed by atoms with E-state index < -0.39 is 7.25 Å². The first-order chi connectivity index (χ1) is 8.19. The first kappa shape index (κ1) is 16.0. The molecule has 0 aliphatic rings. The van der Waals surface area contributed by atoms with Gasteiger partial charge in [0, 0.05) is 20.2 Å². The number of diazo groups is 1. The average molecular weight is 265 g/mol. The third kappa shape index (κ3) is 6.57. The summed E-state index contributed by atoms with van der Waals surface area (Å²) >= 11 is 0. The molecule has 0 atom stereocenters. The van der Waals surface area contributed by atoms with Gasteiger partial charge in [-0.2, -0.15) is 0 Å². The maximum atomic E-state index is 9.75. The Bertz CT molecular complexity index is 425. The first-order valence-corrected chi connectivity index (χ1v) is 4.76. The molecule has 1 aromatic rings. The molecule has 0 aliphatic heterocycles. The van der Waals surface area contributed by atoms with Gasteiger partial charge in [-0.25, -0.2) is 0 Å². The van der Waals surface area contributed by atoms with Crippen LogP contribution < -0.4 is 9.64 Å². The number of hydrogen-bond donors (Lipinski definition) is 0. The second-order valence-electron chi connectivity index (χ2n) is 3.35. The van der Waals surface area contributed by atoms with E-state index in [2.05, 4.69) is 4.98 Å². The molecule has 1 aromatic carbocycles. The van der Waals surface area contributed by atoms with E-state index in [1.807, 2.05) is 25.1 Å². The molecule has 0 spiro atoms. The molecule has 1 rings (SSSR count). The van der Waals surface area contributed by atoms with Crippen molar-refractivity contribution in [2.45, 2.75) is 0 Å². The molecular formula is C9H12BF4N3O. The second kappa shape index (κ2) is 6.69. The maximum Gasteiger partial charge on any atom is 0.673 e. The summed E-state index contributed by atoms with van der Waals surface area (Å²) in [6.07, 6.45) is 0. The summed E-state index contributed by atoms with van der Waals surface area (Å²) in [4.78, 5) is 5.01. The summed E-state index contributed by atoms with van der Waals surface area (Å²) < 4.78 is 44.1. The molecule has 0 amide bonds. The lowest BCUT2D eigenvalue weighted by Gasteiger charge is -2.14. The molecule has 0 bridgehead atoms. The molecule has 4 nitrogen and oxygen atoms in total. The molecule has 9 heteroatoms. The quantitative estimate of drug-likeness (QED) is 0.466. The molecule has 0 saturated heterocycles. The number of rotatable bonds is 2. The van der Waals surface area contributed by atoms with Crippen LogP contribution in [-0.4, -0.2) is 28.5 Å². The van der Waals surface area contributed by atoms with Gasteiger partial charge in [0.2, 0.25) is 5.39 Å². The van der Waals surface area contributed by atoms with E-state index in [9.17, 15) is 17.3 Å². The highest BCUT2D eigenvalue weighted by Gasteiger charge is 2.20. The summed E-state index contributed by atoms with van der Waals surface area (Å²) in [5, 5.41) is 8.54. The fourth-order valence-electron chi connectivity index (χ4n) is 1.10. The molecule has 0 heterocycles. The van der Waals surface area contributed by atoms with Crippen molar-refractivity contribution in [2.24, 2.45) is 0 Å². The van der Waals surface area contributed by atoms with Crippen molar-refractivity contribution in [1.82, 2.24) is 0 Å². The van der Waals surface area contributed by atoms with Crippen LogP contribution in [0.2, 0.25) is 0 Å². The molecule has 100 valence electrons. The van der Waals surface area contributed by atoms with Crippen LogP contribution in [0.5, 0.6) is 5.75 Å². The zero-order chi connectivity index (χ0) is 14.3. The topological polar surface area (TPSA) is 40.6 Å². The number of methoxy groups -OCH3 is 1. The molecule has 0 fully saturated rings. The van der Waals surface area contributed by atoms with E-state index in [0.29, 0.717) is 11.4 Å². The van der Waals surface area contributed by atoms with E-state index in [1.165, 1.54) is 0 Å². The van der Waals surface area contributed by atoms with Crippen molar-refractivity contribution in [1.29, 1.82) is 5.39 Å². The van der Waals surface area contributed by atoms with Crippen LogP contribution in [0.1, 0.15) is 0 Å². The minimum Gasteiger partial charge on any atom is -0.494 e. The third-order valence-electron chi connectivity index (χ3n) is 1.76. The predicted octanol–water partition coefficient (Wildman–Crippen LogP) is 3.55. The van der Waals surface area contributed by atoms with Crippen molar-refractivity contribution >= 4 is 18.6 Å². The highest BCUT2D eigenvalue weighted by atomic mass is 19.5. The fourth-order valence-corrected chi connectivity index (χ4v) is 1.10. The van der Waals surface area contributed by atoms with Crippen molar-refractivity contribution in [3.05, 3.63) is 23.2 Å². The number of anilines is 1. The summed E-state index contributed by atoms with van der Waals surface area (Å²) in [6.45, 7) is 0. The number of hydrogen-bond acceptors (Lipinski definition) is 3. The Labute approximate surface area is 102 Å². The lowest BCUT2D eigenvalue weighted by Crippen LogP contribution is -2.09. The van der Waals surface area contributed by atoms with Gasteiger partial charge in [-0.05, 0) is 6.07 Å². The zero-order valence-corrected chi connectivity index (χ0v) is 10.1. The zero-order valence-electron chi connectivity index (χ0n) is 10.1. The molecule has 0 unspecified atom stereocenters. The molecule has 0 aromatic heterocycles. The number of benzene rings is 1. The van der Waals surface area contributed by atoms with Gasteiger partial charge < -0.3 is 26.9 Å². The van der Waals surface area contributed by atoms with Crippen LogP contribution in [-0.2, 0) is 0 Å². The Morgan fingerprint density at radius 3 is 2.06 bits per heavy atom. The van der Waals surface area contributed by atoms with E-state index in [4.69, 9.17) is 10.1 Å². The first-order valence-electron chi connectivity index (χ1n) is 4.76. The minimum absolute atomic E-state index is 0.488. The van der Waals surface area contributed by atoms with Crippen molar-refractivity contribution in [3.63, 3.8) is 0 Å². The summed E-state index contributed by atoms with van der Waals surface area (Å²) in [7, 11) is -0.565. The number of halogens is 4. The van der Waals surface area contributed by atoms with Gasteiger partial charge in [-0.1, -0.05) is 0 Å². The summed E-state index contributed by atoms with van der Waals surface area (Å²) in [5.74, 6) is 0.695.